The second-order valence-electron chi connectivity index (χ2n) is 9.33. The number of rotatable bonds is 6. The maximum Gasteiger partial charge on any atom is 0.498 e. The van der Waals surface area contributed by atoms with E-state index in [0.717, 1.165) is 11.9 Å². The molecule has 0 radical (unpaired) electrons. The highest BCUT2D eigenvalue weighted by Gasteiger charge is 2.52. The summed E-state index contributed by atoms with van der Waals surface area (Å²) in [6, 6.07) is 0.151. The zero-order chi connectivity index (χ0) is 22.3. The van der Waals surface area contributed by atoms with E-state index in [1.54, 1.807) is 17.3 Å². The number of likely N-dealkylation sites (tertiary alicyclic amines) is 1. The molecule has 166 valence electrons. The Morgan fingerprint density at radius 2 is 1.83 bits per heavy atom. The highest BCUT2D eigenvalue weighted by molar-refractivity contribution is 6.61. The molecule has 0 aromatic carbocycles. The van der Waals surface area contributed by atoms with Crippen LogP contribution in [0.15, 0.2) is 12.4 Å². The van der Waals surface area contributed by atoms with E-state index < -0.39 is 36.9 Å². The number of carbonyl (C=O) groups excluding carboxylic acids is 1. The summed E-state index contributed by atoms with van der Waals surface area (Å²) in [5.41, 5.74) is -0.103. The Kier molecular flexibility index (Phi) is 6.43. The first-order chi connectivity index (χ1) is 14.0. The molecule has 0 unspecified atom stereocenters. The van der Waals surface area contributed by atoms with Gasteiger partial charge in [-0.25, -0.2) is 9.97 Å². The van der Waals surface area contributed by atoms with Gasteiger partial charge >= 0.3 is 7.12 Å². The first-order valence-electron chi connectivity index (χ1n) is 10.5. The van der Waals surface area contributed by atoms with Crippen LogP contribution in [0.3, 0.4) is 0 Å². The van der Waals surface area contributed by atoms with Gasteiger partial charge in [0.2, 0.25) is 5.95 Å². The molecule has 2 saturated heterocycles. The Morgan fingerprint density at radius 3 is 2.33 bits per heavy atom. The van der Waals surface area contributed by atoms with Gasteiger partial charge in [0.05, 0.1) is 23.9 Å². The van der Waals surface area contributed by atoms with Gasteiger partial charge in [0, 0.05) is 37.0 Å². The van der Waals surface area contributed by atoms with Gasteiger partial charge in [0.1, 0.15) is 0 Å². The van der Waals surface area contributed by atoms with Crippen molar-refractivity contribution in [1.29, 1.82) is 0 Å². The zero-order valence-electron chi connectivity index (χ0n) is 18.7. The normalized spacial score (nSPS) is 23.8. The SMILES string of the molecule is CC(C)N(c1ncc(B2OC(C)(C)C(C)(C)O2)cn1)[C@H]1CCN(C(=O)[C@H](O)CO)C1. The molecule has 1 aromatic heterocycles. The molecule has 0 bridgehead atoms. The molecule has 2 fully saturated rings. The van der Waals surface area contributed by atoms with Crippen LogP contribution in [0.25, 0.3) is 0 Å². The average Bonchev–Trinajstić information content (AvgIpc) is 3.23. The van der Waals surface area contributed by atoms with Crippen molar-refractivity contribution in [2.75, 3.05) is 24.6 Å². The van der Waals surface area contributed by atoms with E-state index in [-0.39, 0.29) is 12.1 Å². The molecule has 2 aliphatic rings. The quantitative estimate of drug-likeness (QED) is 0.617. The van der Waals surface area contributed by atoms with E-state index in [0.29, 0.717) is 19.0 Å². The zero-order valence-corrected chi connectivity index (χ0v) is 18.7. The van der Waals surface area contributed by atoms with Gasteiger partial charge in [0.15, 0.2) is 6.10 Å². The summed E-state index contributed by atoms with van der Waals surface area (Å²) in [4.78, 5) is 25.0. The van der Waals surface area contributed by atoms with Crippen molar-refractivity contribution in [3.8, 4) is 0 Å². The van der Waals surface area contributed by atoms with Gasteiger partial charge in [-0.2, -0.15) is 0 Å². The van der Waals surface area contributed by atoms with Crippen LogP contribution >= 0.6 is 0 Å². The molecule has 0 aliphatic carbocycles. The molecule has 3 rings (SSSR count). The van der Waals surface area contributed by atoms with Crippen molar-refractivity contribution in [1.82, 2.24) is 14.9 Å². The summed E-state index contributed by atoms with van der Waals surface area (Å²) >= 11 is 0. The summed E-state index contributed by atoms with van der Waals surface area (Å²) in [5.74, 6) is 0.132. The van der Waals surface area contributed by atoms with Crippen molar-refractivity contribution < 1.29 is 24.3 Å². The third kappa shape index (κ3) is 4.32. The highest BCUT2D eigenvalue weighted by atomic mass is 16.7. The average molecular weight is 420 g/mol. The van der Waals surface area contributed by atoms with Crippen molar-refractivity contribution in [3.05, 3.63) is 12.4 Å². The summed E-state index contributed by atoms with van der Waals surface area (Å²) in [6.07, 6.45) is 2.83. The number of amides is 1. The van der Waals surface area contributed by atoms with Crippen LogP contribution in [0, 0.1) is 0 Å². The van der Waals surface area contributed by atoms with Crippen LogP contribution in [0.4, 0.5) is 5.95 Å². The largest absolute Gasteiger partial charge is 0.498 e. The second kappa shape index (κ2) is 8.41. The Balaban J connectivity index is 1.73. The van der Waals surface area contributed by atoms with Crippen molar-refractivity contribution in [3.63, 3.8) is 0 Å². The summed E-state index contributed by atoms with van der Waals surface area (Å²) < 4.78 is 12.1. The Bertz CT molecular complexity index is 742. The molecule has 10 heteroatoms. The number of aliphatic hydroxyl groups excluding tert-OH is 2. The summed E-state index contributed by atoms with van der Waals surface area (Å²) in [5, 5.41) is 18.7. The van der Waals surface area contributed by atoms with Gasteiger partial charge in [-0.3, -0.25) is 4.79 Å². The van der Waals surface area contributed by atoms with Gasteiger partial charge in [-0.05, 0) is 48.0 Å². The third-order valence-corrected chi connectivity index (χ3v) is 6.30. The van der Waals surface area contributed by atoms with Crippen molar-refractivity contribution in [2.24, 2.45) is 0 Å². The lowest BCUT2D eigenvalue weighted by molar-refractivity contribution is -0.141. The highest BCUT2D eigenvalue weighted by Crippen LogP contribution is 2.36. The fourth-order valence-electron chi connectivity index (χ4n) is 3.84. The summed E-state index contributed by atoms with van der Waals surface area (Å²) in [7, 11) is -0.517. The van der Waals surface area contributed by atoms with E-state index >= 15 is 0 Å². The minimum atomic E-state index is -1.37. The molecule has 30 heavy (non-hydrogen) atoms. The fraction of sp³-hybridized carbons (Fsp3) is 0.750. The number of hydrogen-bond acceptors (Lipinski definition) is 8. The maximum absolute atomic E-state index is 12.2. The van der Waals surface area contributed by atoms with Gasteiger partial charge in [0.25, 0.3) is 5.91 Å². The number of aliphatic hydroxyl groups is 2. The standard InChI is InChI=1S/C20H33BN4O5/c1-13(2)25(15-7-8-24(11-15)17(28)16(27)12-26)18-22-9-14(10-23-18)21-29-19(3,4)20(5,6)30-21/h9-10,13,15-16,26-27H,7-8,11-12H2,1-6H3/t15-,16+/m0/s1. The third-order valence-electron chi connectivity index (χ3n) is 6.30. The van der Waals surface area contributed by atoms with Crippen LogP contribution in [0.2, 0.25) is 0 Å². The lowest BCUT2D eigenvalue weighted by atomic mass is 9.81. The van der Waals surface area contributed by atoms with E-state index in [2.05, 4.69) is 28.7 Å². The molecular weight excluding hydrogens is 387 g/mol. The molecule has 2 aliphatic heterocycles. The van der Waals surface area contributed by atoms with Crippen LogP contribution in [0.1, 0.15) is 48.0 Å². The number of aromatic nitrogens is 2. The van der Waals surface area contributed by atoms with Gasteiger partial charge < -0.3 is 29.3 Å². The number of carbonyl (C=O) groups is 1. The summed E-state index contributed by atoms with van der Waals surface area (Å²) in [6.45, 7) is 12.5. The van der Waals surface area contributed by atoms with Gasteiger partial charge in [-0.1, -0.05) is 0 Å². The number of hydrogen-bond donors (Lipinski definition) is 2. The molecule has 1 amide bonds. The first-order valence-corrected chi connectivity index (χ1v) is 10.5. The van der Waals surface area contributed by atoms with E-state index in [4.69, 9.17) is 14.4 Å². The molecule has 9 nitrogen and oxygen atoms in total. The first kappa shape index (κ1) is 22.9. The molecule has 1 aromatic rings. The monoisotopic (exact) mass is 420 g/mol. The minimum absolute atomic E-state index is 0.0301. The molecule has 3 heterocycles. The van der Waals surface area contributed by atoms with Crippen LogP contribution in [0.5, 0.6) is 0 Å². The van der Waals surface area contributed by atoms with E-state index in [1.165, 1.54) is 0 Å². The number of anilines is 1. The van der Waals surface area contributed by atoms with Crippen LogP contribution < -0.4 is 10.4 Å². The van der Waals surface area contributed by atoms with Gasteiger partial charge in [-0.15, -0.1) is 0 Å². The lowest BCUT2D eigenvalue weighted by Gasteiger charge is -2.33. The molecule has 0 spiro atoms. The van der Waals surface area contributed by atoms with Crippen molar-refractivity contribution in [2.45, 2.75) is 77.4 Å². The topological polar surface area (TPSA) is 108 Å². The lowest BCUT2D eigenvalue weighted by Crippen LogP contribution is -2.46. The Labute approximate surface area is 178 Å². The number of nitrogens with zero attached hydrogens (tertiary/aromatic N) is 4. The van der Waals surface area contributed by atoms with Crippen LogP contribution in [-0.4, -0.2) is 87.2 Å². The molecular formula is C20H33BN4O5. The van der Waals surface area contributed by atoms with Crippen LogP contribution in [-0.2, 0) is 14.1 Å². The second-order valence-corrected chi connectivity index (χ2v) is 9.33. The maximum atomic E-state index is 12.2. The fourth-order valence-corrected chi connectivity index (χ4v) is 3.84. The van der Waals surface area contributed by atoms with E-state index in [1.807, 2.05) is 27.7 Å². The smallest absolute Gasteiger partial charge is 0.399 e. The Morgan fingerprint density at radius 1 is 1.27 bits per heavy atom. The molecule has 0 saturated carbocycles. The predicted octanol–water partition coefficient (Wildman–Crippen LogP) is -0.0553. The van der Waals surface area contributed by atoms with E-state index in [9.17, 15) is 9.90 Å². The molecule has 2 atom stereocenters. The van der Waals surface area contributed by atoms with Crippen molar-refractivity contribution >= 4 is 24.4 Å². The Hall–Kier alpha value is -1.75. The molecule has 2 N–H and O–H groups in total. The predicted molar refractivity (Wildman–Crippen MR) is 113 cm³/mol. The minimum Gasteiger partial charge on any atom is -0.399 e.